The molecule has 2 aromatic carbocycles. The zero-order valence-electron chi connectivity index (χ0n) is 13.0. The second-order valence-corrected chi connectivity index (χ2v) is 5.66. The van der Waals surface area contributed by atoms with E-state index in [-0.39, 0.29) is 12.5 Å². The van der Waals surface area contributed by atoms with E-state index >= 15 is 0 Å². The van der Waals surface area contributed by atoms with Crippen molar-refractivity contribution in [1.82, 2.24) is 14.8 Å². The predicted octanol–water partition coefficient (Wildman–Crippen LogP) is 2.61. The lowest BCUT2D eigenvalue weighted by atomic mass is 10.1. The molecule has 0 saturated carbocycles. The van der Waals surface area contributed by atoms with Gasteiger partial charge in [0.15, 0.2) is 5.82 Å². The molecule has 0 spiro atoms. The minimum Gasteiger partial charge on any atom is -0.372 e. The largest absolute Gasteiger partial charge is 0.372 e. The maximum Gasteiger partial charge on any atom is 0.246 e. The third kappa shape index (κ3) is 3.04. The van der Waals surface area contributed by atoms with Gasteiger partial charge in [0.2, 0.25) is 5.91 Å². The molecule has 120 valence electrons. The van der Waals surface area contributed by atoms with E-state index < -0.39 is 0 Å². The third-order valence-corrected chi connectivity index (χ3v) is 3.88. The van der Waals surface area contributed by atoms with Crippen LogP contribution in [0.3, 0.4) is 0 Å². The molecule has 1 amide bonds. The highest BCUT2D eigenvalue weighted by Gasteiger charge is 2.13. The SMILES string of the molecule is O=C(Cn1cnc(-c2ccccc2)n1)Nc1ccc2c(c1)COC2. The van der Waals surface area contributed by atoms with Crippen LogP contribution in [-0.4, -0.2) is 20.7 Å². The van der Waals surface area contributed by atoms with Crippen LogP contribution in [0.1, 0.15) is 11.1 Å². The van der Waals surface area contributed by atoms with E-state index in [1.54, 1.807) is 6.33 Å². The number of rotatable bonds is 4. The molecule has 0 saturated heterocycles. The van der Waals surface area contributed by atoms with E-state index in [1.807, 2.05) is 48.5 Å². The number of amides is 1. The molecule has 3 aromatic rings. The van der Waals surface area contributed by atoms with Crippen LogP contribution in [0.25, 0.3) is 11.4 Å². The van der Waals surface area contributed by atoms with E-state index in [4.69, 9.17) is 4.74 Å². The number of anilines is 1. The van der Waals surface area contributed by atoms with Crippen LogP contribution >= 0.6 is 0 Å². The van der Waals surface area contributed by atoms with Crippen LogP contribution in [0.15, 0.2) is 54.9 Å². The maximum absolute atomic E-state index is 12.2. The van der Waals surface area contributed by atoms with E-state index in [0.717, 1.165) is 16.8 Å². The predicted molar refractivity (Wildman–Crippen MR) is 89.0 cm³/mol. The number of hydrogen-bond donors (Lipinski definition) is 1. The molecule has 1 aliphatic rings. The Hall–Kier alpha value is -2.99. The Balaban J connectivity index is 1.42. The van der Waals surface area contributed by atoms with Crippen molar-refractivity contribution in [3.8, 4) is 11.4 Å². The topological polar surface area (TPSA) is 69.0 Å². The lowest BCUT2D eigenvalue weighted by Gasteiger charge is -2.06. The van der Waals surface area contributed by atoms with Gasteiger partial charge in [-0.2, -0.15) is 5.10 Å². The molecule has 1 aromatic heterocycles. The average molecular weight is 320 g/mol. The molecule has 1 N–H and O–H groups in total. The maximum atomic E-state index is 12.2. The van der Waals surface area contributed by atoms with E-state index in [9.17, 15) is 4.79 Å². The fourth-order valence-electron chi connectivity index (χ4n) is 2.69. The normalized spacial score (nSPS) is 12.8. The summed E-state index contributed by atoms with van der Waals surface area (Å²) in [4.78, 5) is 16.4. The molecule has 0 bridgehead atoms. The number of carbonyl (C=O) groups excluding carboxylic acids is 1. The van der Waals surface area contributed by atoms with Crippen LogP contribution in [0.4, 0.5) is 5.69 Å². The summed E-state index contributed by atoms with van der Waals surface area (Å²) in [6.45, 7) is 1.36. The van der Waals surface area contributed by atoms with E-state index in [0.29, 0.717) is 19.0 Å². The minimum atomic E-state index is -0.140. The van der Waals surface area contributed by atoms with Gasteiger partial charge in [-0.05, 0) is 23.3 Å². The molecule has 2 heterocycles. The van der Waals surface area contributed by atoms with Crippen LogP contribution in [0, 0.1) is 0 Å². The summed E-state index contributed by atoms with van der Waals surface area (Å²) in [5, 5.41) is 7.23. The Morgan fingerprint density at radius 2 is 1.96 bits per heavy atom. The summed E-state index contributed by atoms with van der Waals surface area (Å²) in [6, 6.07) is 15.5. The first-order valence-corrected chi connectivity index (χ1v) is 7.72. The standard InChI is InChI=1S/C18H16N4O2/c23-17(20-16-7-6-14-10-24-11-15(14)8-16)9-22-12-19-18(21-22)13-4-2-1-3-5-13/h1-8,12H,9-11H2,(H,20,23). The Kier molecular flexibility index (Phi) is 3.80. The van der Waals surface area contributed by atoms with Crippen LogP contribution in [-0.2, 0) is 29.3 Å². The van der Waals surface area contributed by atoms with Gasteiger partial charge in [-0.3, -0.25) is 4.79 Å². The summed E-state index contributed by atoms with van der Waals surface area (Å²) in [5.41, 5.74) is 4.00. The number of aromatic nitrogens is 3. The Morgan fingerprint density at radius 3 is 2.83 bits per heavy atom. The fourth-order valence-corrected chi connectivity index (χ4v) is 2.69. The van der Waals surface area contributed by atoms with Crippen molar-refractivity contribution in [3.05, 3.63) is 66.0 Å². The molecule has 6 nitrogen and oxygen atoms in total. The van der Waals surface area contributed by atoms with Crippen molar-refractivity contribution >= 4 is 11.6 Å². The number of nitrogens with one attached hydrogen (secondary N) is 1. The van der Waals surface area contributed by atoms with Crippen molar-refractivity contribution in [3.63, 3.8) is 0 Å². The summed E-state index contributed by atoms with van der Waals surface area (Å²) in [5.74, 6) is 0.469. The van der Waals surface area contributed by atoms with Crippen molar-refractivity contribution in [2.75, 3.05) is 5.32 Å². The highest BCUT2D eigenvalue weighted by molar-refractivity contribution is 5.90. The number of hydrogen-bond acceptors (Lipinski definition) is 4. The van der Waals surface area contributed by atoms with Crippen molar-refractivity contribution < 1.29 is 9.53 Å². The smallest absolute Gasteiger partial charge is 0.246 e. The molecular formula is C18H16N4O2. The monoisotopic (exact) mass is 320 g/mol. The van der Waals surface area contributed by atoms with Gasteiger partial charge < -0.3 is 10.1 Å². The summed E-state index contributed by atoms with van der Waals surface area (Å²) in [6.07, 6.45) is 1.57. The molecule has 0 atom stereocenters. The number of benzene rings is 2. The Morgan fingerprint density at radius 1 is 1.12 bits per heavy atom. The highest BCUT2D eigenvalue weighted by Crippen LogP contribution is 2.23. The fraction of sp³-hybridized carbons (Fsp3) is 0.167. The van der Waals surface area contributed by atoms with Gasteiger partial charge in [0.05, 0.1) is 13.2 Å². The van der Waals surface area contributed by atoms with Gasteiger partial charge in [0.25, 0.3) is 0 Å². The van der Waals surface area contributed by atoms with Gasteiger partial charge in [-0.15, -0.1) is 0 Å². The van der Waals surface area contributed by atoms with Crippen LogP contribution in [0.2, 0.25) is 0 Å². The van der Waals surface area contributed by atoms with Gasteiger partial charge in [0, 0.05) is 11.3 Å². The molecule has 0 radical (unpaired) electrons. The van der Waals surface area contributed by atoms with Gasteiger partial charge in [0.1, 0.15) is 12.9 Å². The van der Waals surface area contributed by atoms with Crippen LogP contribution in [0.5, 0.6) is 0 Å². The summed E-state index contributed by atoms with van der Waals surface area (Å²) >= 11 is 0. The van der Waals surface area contributed by atoms with Gasteiger partial charge in [-0.1, -0.05) is 36.4 Å². The number of fused-ring (bicyclic) bond motifs is 1. The Labute approximate surface area is 139 Å². The lowest BCUT2D eigenvalue weighted by molar-refractivity contribution is -0.116. The second kappa shape index (κ2) is 6.25. The van der Waals surface area contributed by atoms with E-state index in [2.05, 4.69) is 15.4 Å². The van der Waals surface area contributed by atoms with Crippen molar-refractivity contribution in [2.24, 2.45) is 0 Å². The molecule has 4 rings (SSSR count). The van der Waals surface area contributed by atoms with Crippen molar-refractivity contribution in [1.29, 1.82) is 0 Å². The number of nitrogens with zero attached hydrogens (tertiary/aromatic N) is 3. The lowest BCUT2D eigenvalue weighted by Crippen LogP contribution is -2.19. The summed E-state index contributed by atoms with van der Waals surface area (Å²) < 4.78 is 6.92. The first kappa shape index (κ1) is 14.6. The quantitative estimate of drug-likeness (QED) is 0.802. The molecule has 0 unspecified atom stereocenters. The number of ether oxygens (including phenoxy) is 1. The second-order valence-electron chi connectivity index (χ2n) is 5.66. The Bertz CT molecular complexity index is 874. The molecular weight excluding hydrogens is 304 g/mol. The average Bonchev–Trinajstić information content (AvgIpc) is 3.24. The zero-order valence-corrected chi connectivity index (χ0v) is 13.0. The first-order chi connectivity index (χ1) is 11.8. The molecule has 0 aliphatic carbocycles. The van der Waals surface area contributed by atoms with Gasteiger partial charge >= 0.3 is 0 Å². The molecule has 1 aliphatic heterocycles. The van der Waals surface area contributed by atoms with Crippen LogP contribution < -0.4 is 5.32 Å². The van der Waals surface area contributed by atoms with Crippen molar-refractivity contribution in [2.45, 2.75) is 19.8 Å². The highest BCUT2D eigenvalue weighted by atomic mass is 16.5. The number of carbonyl (C=O) groups is 1. The molecule has 6 heteroatoms. The molecule has 0 fully saturated rings. The first-order valence-electron chi connectivity index (χ1n) is 7.72. The van der Waals surface area contributed by atoms with E-state index in [1.165, 1.54) is 10.2 Å². The molecule has 24 heavy (non-hydrogen) atoms. The van der Waals surface area contributed by atoms with Gasteiger partial charge in [-0.25, -0.2) is 9.67 Å². The minimum absolute atomic E-state index is 0.118. The summed E-state index contributed by atoms with van der Waals surface area (Å²) in [7, 11) is 0. The third-order valence-electron chi connectivity index (χ3n) is 3.88. The zero-order chi connectivity index (χ0) is 16.4.